The van der Waals surface area contributed by atoms with E-state index in [0.29, 0.717) is 28.4 Å². The molecule has 1 aliphatic heterocycles. The predicted molar refractivity (Wildman–Crippen MR) is 171 cm³/mol. The molecule has 3 aromatic carbocycles. The molecule has 0 bridgehead atoms. The zero-order valence-electron chi connectivity index (χ0n) is 25.1. The standard InChI is InChI=1S/C32H31F2N7O4S/c1-39-10-12-40(13-11-39)19-20-4-3-5-24(14-20)41-31(42)25-15-21(6-8-27(25)37-32(41)35)22-16-28(30(45-2)36-18-22)38-46(43,44)29-9-7-23(33)17-26(29)34/h3-9,14-18,38H,10-13,19H2,1-2H3,(H2,35,37). The first-order chi connectivity index (χ1) is 22.0. The highest BCUT2D eigenvalue weighted by atomic mass is 32.2. The molecule has 3 N–H and O–H groups in total. The molecule has 11 nitrogen and oxygen atoms in total. The molecule has 238 valence electrons. The monoisotopic (exact) mass is 647 g/mol. The fourth-order valence-corrected chi connectivity index (χ4v) is 6.54. The number of hydrogen-bond acceptors (Lipinski definition) is 9. The normalized spacial score (nSPS) is 14.4. The fourth-order valence-electron chi connectivity index (χ4n) is 5.43. The number of halogens is 2. The Bertz CT molecular complexity index is 2120. The van der Waals surface area contributed by atoms with E-state index in [1.165, 1.54) is 23.9 Å². The average molecular weight is 648 g/mol. The van der Waals surface area contributed by atoms with Gasteiger partial charge >= 0.3 is 0 Å². The molecule has 2 aromatic heterocycles. The quantitative estimate of drug-likeness (QED) is 0.257. The van der Waals surface area contributed by atoms with Crippen molar-refractivity contribution in [2.45, 2.75) is 11.4 Å². The minimum atomic E-state index is -4.48. The van der Waals surface area contributed by atoms with Crippen molar-refractivity contribution in [3.8, 4) is 22.7 Å². The van der Waals surface area contributed by atoms with Crippen LogP contribution >= 0.6 is 0 Å². The first-order valence-corrected chi connectivity index (χ1v) is 15.9. The van der Waals surface area contributed by atoms with Crippen LogP contribution in [-0.2, 0) is 16.6 Å². The van der Waals surface area contributed by atoms with Crippen LogP contribution in [-0.4, -0.2) is 73.1 Å². The van der Waals surface area contributed by atoms with Gasteiger partial charge in [-0.1, -0.05) is 18.2 Å². The SMILES string of the molecule is COc1ncc(-c2ccc3nc(N)n(-c4cccc(CN5CCN(C)CC5)c4)c(=O)c3c2)cc1NS(=O)(=O)c1ccc(F)cc1F. The van der Waals surface area contributed by atoms with Gasteiger partial charge in [0.1, 0.15) is 22.2 Å². The van der Waals surface area contributed by atoms with Crippen LogP contribution in [0.2, 0.25) is 0 Å². The number of rotatable bonds is 8. The highest BCUT2D eigenvalue weighted by molar-refractivity contribution is 7.92. The Hall–Kier alpha value is -4.92. The third kappa shape index (κ3) is 6.27. The number of sulfonamides is 1. The summed E-state index contributed by atoms with van der Waals surface area (Å²) in [6.07, 6.45) is 1.45. The van der Waals surface area contributed by atoms with Gasteiger partial charge in [0.25, 0.3) is 15.6 Å². The number of fused-ring (bicyclic) bond motifs is 1. The summed E-state index contributed by atoms with van der Waals surface area (Å²) in [6, 6.07) is 16.2. The molecule has 0 unspecified atom stereocenters. The van der Waals surface area contributed by atoms with Crippen molar-refractivity contribution in [3.63, 3.8) is 0 Å². The van der Waals surface area contributed by atoms with E-state index >= 15 is 0 Å². The number of anilines is 2. The van der Waals surface area contributed by atoms with Crippen LogP contribution < -0.4 is 20.8 Å². The molecule has 0 saturated carbocycles. The van der Waals surface area contributed by atoms with Gasteiger partial charge in [-0.05, 0) is 60.6 Å². The number of ether oxygens (including phenoxy) is 1. The number of nitrogen functional groups attached to an aromatic ring is 1. The Morgan fingerprint density at radius 1 is 0.978 bits per heavy atom. The van der Waals surface area contributed by atoms with Crippen LogP contribution in [0.5, 0.6) is 5.88 Å². The zero-order valence-corrected chi connectivity index (χ0v) is 25.9. The summed E-state index contributed by atoms with van der Waals surface area (Å²) >= 11 is 0. The Morgan fingerprint density at radius 2 is 1.76 bits per heavy atom. The summed E-state index contributed by atoms with van der Waals surface area (Å²) in [6.45, 7) is 4.64. The summed E-state index contributed by atoms with van der Waals surface area (Å²) in [7, 11) is -1.08. The molecule has 3 heterocycles. The topological polar surface area (TPSA) is 136 Å². The lowest BCUT2D eigenvalue weighted by atomic mass is 10.0. The van der Waals surface area contributed by atoms with E-state index in [1.54, 1.807) is 24.3 Å². The number of methoxy groups -OCH3 is 1. The summed E-state index contributed by atoms with van der Waals surface area (Å²) < 4.78 is 62.6. The van der Waals surface area contributed by atoms with E-state index < -0.39 is 26.6 Å². The lowest BCUT2D eigenvalue weighted by Gasteiger charge is -2.32. The van der Waals surface area contributed by atoms with Gasteiger partial charge in [0.05, 0.1) is 23.7 Å². The zero-order chi connectivity index (χ0) is 32.6. The van der Waals surface area contributed by atoms with Crippen LogP contribution in [0, 0.1) is 11.6 Å². The molecule has 46 heavy (non-hydrogen) atoms. The Labute approximate surface area is 263 Å². The van der Waals surface area contributed by atoms with Crippen LogP contribution in [0.3, 0.4) is 0 Å². The number of pyridine rings is 1. The number of likely N-dealkylation sites (N-methyl/N-ethyl adjacent to an activating group) is 1. The molecule has 0 aliphatic carbocycles. The lowest BCUT2D eigenvalue weighted by molar-refractivity contribution is 0.148. The van der Waals surface area contributed by atoms with Gasteiger partial charge in [0, 0.05) is 50.6 Å². The maximum absolute atomic E-state index is 14.3. The minimum absolute atomic E-state index is 0.0397. The molecule has 0 radical (unpaired) electrons. The number of benzene rings is 3. The van der Waals surface area contributed by atoms with Gasteiger partial charge in [0.15, 0.2) is 0 Å². The number of piperazine rings is 1. The summed E-state index contributed by atoms with van der Waals surface area (Å²) in [5.74, 6) is -2.21. The number of nitrogens with zero attached hydrogens (tertiary/aromatic N) is 5. The van der Waals surface area contributed by atoms with Gasteiger partial charge < -0.3 is 15.4 Å². The number of hydrogen-bond donors (Lipinski definition) is 2. The van der Waals surface area contributed by atoms with E-state index in [2.05, 4.69) is 31.5 Å². The Morgan fingerprint density at radius 3 is 2.50 bits per heavy atom. The maximum atomic E-state index is 14.3. The maximum Gasteiger partial charge on any atom is 0.267 e. The smallest absolute Gasteiger partial charge is 0.267 e. The van der Waals surface area contributed by atoms with Crippen LogP contribution in [0.1, 0.15) is 5.56 Å². The number of nitrogens with one attached hydrogen (secondary N) is 1. The number of aromatic nitrogens is 3. The van der Waals surface area contributed by atoms with Crippen molar-refractivity contribution in [3.05, 3.63) is 100 Å². The van der Waals surface area contributed by atoms with Gasteiger partial charge in [-0.15, -0.1) is 0 Å². The summed E-state index contributed by atoms with van der Waals surface area (Å²) in [4.78, 5) is 26.5. The average Bonchev–Trinajstić information content (AvgIpc) is 3.02. The molecule has 0 spiro atoms. The van der Waals surface area contributed by atoms with Gasteiger partial charge in [-0.3, -0.25) is 14.4 Å². The minimum Gasteiger partial charge on any atom is -0.480 e. The molecule has 6 rings (SSSR count). The van der Waals surface area contributed by atoms with E-state index in [4.69, 9.17) is 10.5 Å². The van der Waals surface area contributed by atoms with Crippen molar-refractivity contribution in [2.24, 2.45) is 0 Å². The summed E-state index contributed by atoms with van der Waals surface area (Å²) in [5, 5.41) is 0.280. The third-order valence-electron chi connectivity index (χ3n) is 7.87. The van der Waals surface area contributed by atoms with Gasteiger partial charge in [-0.2, -0.15) is 0 Å². The van der Waals surface area contributed by atoms with E-state index in [1.807, 2.05) is 18.2 Å². The van der Waals surface area contributed by atoms with E-state index in [9.17, 15) is 22.0 Å². The highest BCUT2D eigenvalue weighted by Gasteiger charge is 2.23. The lowest BCUT2D eigenvalue weighted by Crippen LogP contribution is -2.43. The second kappa shape index (κ2) is 12.5. The van der Waals surface area contributed by atoms with Crippen molar-refractivity contribution >= 4 is 32.6 Å². The fraction of sp³-hybridized carbons (Fsp3) is 0.219. The molecular formula is C32H31F2N7O4S. The first-order valence-electron chi connectivity index (χ1n) is 14.4. The first kappa shape index (κ1) is 31.1. The molecular weight excluding hydrogens is 616 g/mol. The molecule has 5 aromatic rings. The predicted octanol–water partition coefficient (Wildman–Crippen LogP) is 3.86. The van der Waals surface area contributed by atoms with Gasteiger partial charge in [0.2, 0.25) is 11.8 Å². The second-order valence-corrected chi connectivity index (χ2v) is 12.7. The summed E-state index contributed by atoms with van der Waals surface area (Å²) in [5.41, 5.74) is 8.79. The van der Waals surface area contributed by atoms with Crippen LogP contribution in [0.15, 0.2) is 82.6 Å². The van der Waals surface area contributed by atoms with E-state index in [0.717, 1.165) is 50.4 Å². The van der Waals surface area contributed by atoms with Crippen LogP contribution in [0.4, 0.5) is 20.4 Å². The Balaban J connectivity index is 1.35. The van der Waals surface area contributed by atoms with Crippen molar-refractivity contribution in [1.29, 1.82) is 0 Å². The van der Waals surface area contributed by atoms with Crippen LogP contribution in [0.25, 0.3) is 27.7 Å². The molecule has 0 amide bonds. The molecule has 0 atom stereocenters. The Kier molecular flexibility index (Phi) is 8.42. The van der Waals surface area contributed by atoms with Crippen molar-refractivity contribution in [2.75, 3.05) is 50.8 Å². The number of nitrogens with two attached hydrogens (primary N) is 1. The van der Waals surface area contributed by atoms with Crippen molar-refractivity contribution in [1.82, 2.24) is 24.3 Å². The second-order valence-electron chi connectivity index (χ2n) is 11.1. The van der Waals surface area contributed by atoms with E-state index in [-0.39, 0.29) is 28.5 Å². The molecule has 1 aliphatic rings. The highest BCUT2D eigenvalue weighted by Crippen LogP contribution is 2.32. The molecule has 1 saturated heterocycles. The van der Waals surface area contributed by atoms with Gasteiger partial charge in [-0.25, -0.2) is 31.7 Å². The third-order valence-corrected chi connectivity index (χ3v) is 9.27. The molecule has 1 fully saturated rings. The van der Waals surface area contributed by atoms with Crippen molar-refractivity contribution < 1.29 is 21.9 Å². The largest absolute Gasteiger partial charge is 0.480 e. The molecule has 14 heteroatoms.